The summed E-state index contributed by atoms with van der Waals surface area (Å²) in [7, 11) is 0. The van der Waals surface area contributed by atoms with Gasteiger partial charge in [-0.3, -0.25) is 0 Å². The molecule has 0 spiro atoms. The molecule has 1 saturated heterocycles. The Kier molecular flexibility index (Phi) is 3.87. The number of carbonyl (C=O) groups is 1. The summed E-state index contributed by atoms with van der Waals surface area (Å²) in [5.41, 5.74) is 0.246. The maximum Gasteiger partial charge on any atom is 0.317 e. The zero-order chi connectivity index (χ0) is 12.4. The summed E-state index contributed by atoms with van der Waals surface area (Å²) in [6, 6.07) is 0.0881. The summed E-state index contributed by atoms with van der Waals surface area (Å²) in [4.78, 5) is 14.0. The van der Waals surface area contributed by atoms with Crippen LogP contribution in [0.3, 0.4) is 0 Å². The number of hydrogen-bond acceptors (Lipinski definition) is 1. The molecule has 0 atom stereocenters. The number of amides is 2. The van der Waals surface area contributed by atoms with E-state index in [4.69, 9.17) is 0 Å². The number of carbonyl (C=O) groups excluding carboxylic acids is 1. The van der Waals surface area contributed by atoms with Gasteiger partial charge in [-0.25, -0.2) is 4.79 Å². The molecule has 0 aromatic rings. The number of rotatable bonds is 0. The SMILES string of the molecule is CC1(C)CCCN(C(=O)NC(C)(C)C)CC1. The fourth-order valence-electron chi connectivity index (χ4n) is 2.03. The van der Waals surface area contributed by atoms with E-state index in [-0.39, 0.29) is 11.6 Å². The van der Waals surface area contributed by atoms with Gasteiger partial charge >= 0.3 is 6.03 Å². The minimum Gasteiger partial charge on any atom is -0.333 e. The molecule has 0 saturated carbocycles. The summed E-state index contributed by atoms with van der Waals surface area (Å²) in [5, 5.41) is 3.03. The monoisotopic (exact) mass is 226 g/mol. The Hall–Kier alpha value is -0.730. The van der Waals surface area contributed by atoms with Gasteiger partial charge in [0.1, 0.15) is 0 Å². The predicted octanol–water partition coefficient (Wildman–Crippen LogP) is 3.01. The average Bonchev–Trinajstić information content (AvgIpc) is 2.23. The van der Waals surface area contributed by atoms with Crippen molar-refractivity contribution in [3.63, 3.8) is 0 Å². The zero-order valence-electron chi connectivity index (χ0n) is 11.4. The van der Waals surface area contributed by atoms with E-state index in [9.17, 15) is 4.79 Å². The van der Waals surface area contributed by atoms with Crippen LogP contribution in [0.5, 0.6) is 0 Å². The van der Waals surface area contributed by atoms with E-state index in [0.29, 0.717) is 5.41 Å². The minimum absolute atomic E-state index is 0.0881. The zero-order valence-corrected chi connectivity index (χ0v) is 11.4. The molecule has 0 unspecified atom stereocenters. The highest BCUT2D eigenvalue weighted by atomic mass is 16.2. The van der Waals surface area contributed by atoms with Gasteiger partial charge in [0.25, 0.3) is 0 Å². The largest absolute Gasteiger partial charge is 0.333 e. The van der Waals surface area contributed by atoms with Crippen LogP contribution in [0.2, 0.25) is 0 Å². The molecule has 0 bridgehead atoms. The molecule has 2 amide bonds. The minimum atomic E-state index is -0.140. The second-order valence-electron chi connectivity index (χ2n) is 6.68. The number of likely N-dealkylation sites (tertiary alicyclic amines) is 1. The maximum atomic E-state index is 12.0. The Labute approximate surface area is 99.6 Å². The van der Waals surface area contributed by atoms with Crippen molar-refractivity contribution in [3.05, 3.63) is 0 Å². The predicted molar refractivity (Wildman–Crippen MR) is 67.5 cm³/mol. The van der Waals surface area contributed by atoms with E-state index in [1.165, 1.54) is 6.42 Å². The topological polar surface area (TPSA) is 32.3 Å². The maximum absolute atomic E-state index is 12.0. The highest BCUT2D eigenvalue weighted by molar-refractivity contribution is 5.74. The lowest BCUT2D eigenvalue weighted by molar-refractivity contribution is 0.188. The smallest absolute Gasteiger partial charge is 0.317 e. The average molecular weight is 226 g/mol. The summed E-state index contributed by atoms with van der Waals surface area (Å²) in [6.07, 6.45) is 3.43. The highest BCUT2D eigenvalue weighted by Gasteiger charge is 2.26. The van der Waals surface area contributed by atoms with Gasteiger partial charge in [0.05, 0.1) is 0 Å². The Morgan fingerprint density at radius 2 is 1.81 bits per heavy atom. The van der Waals surface area contributed by atoms with E-state index < -0.39 is 0 Å². The number of urea groups is 1. The molecule has 94 valence electrons. The molecule has 1 fully saturated rings. The van der Waals surface area contributed by atoms with Crippen molar-refractivity contribution in [2.75, 3.05) is 13.1 Å². The van der Waals surface area contributed by atoms with E-state index in [1.54, 1.807) is 0 Å². The Balaban J connectivity index is 2.52. The van der Waals surface area contributed by atoms with Crippen LogP contribution in [-0.4, -0.2) is 29.6 Å². The van der Waals surface area contributed by atoms with Crippen LogP contribution in [0.15, 0.2) is 0 Å². The van der Waals surface area contributed by atoms with Crippen molar-refractivity contribution in [2.45, 2.75) is 59.4 Å². The molecule has 1 rings (SSSR count). The van der Waals surface area contributed by atoms with Crippen molar-refractivity contribution < 1.29 is 4.79 Å². The lowest BCUT2D eigenvalue weighted by Crippen LogP contribution is -2.48. The van der Waals surface area contributed by atoms with Gasteiger partial charge in [0.15, 0.2) is 0 Å². The fourth-order valence-corrected chi connectivity index (χ4v) is 2.03. The number of nitrogens with zero attached hydrogens (tertiary/aromatic N) is 1. The van der Waals surface area contributed by atoms with E-state index in [0.717, 1.165) is 25.9 Å². The molecule has 0 aliphatic carbocycles. The third-order valence-electron chi connectivity index (χ3n) is 3.11. The lowest BCUT2D eigenvalue weighted by Gasteiger charge is -2.28. The highest BCUT2D eigenvalue weighted by Crippen LogP contribution is 2.29. The number of nitrogens with one attached hydrogen (secondary N) is 1. The summed E-state index contributed by atoms with van der Waals surface area (Å²) in [6.45, 7) is 12.4. The van der Waals surface area contributed by atoms with Crippen molar-refractivity contribution >= 4 is 6.03 Å². The molecule has 3 nitrogen and oxygen atoms in total. The molecule has 1 aliphatic rings. The van der Waals surface area contributed by atoms with Gasteiger partial charge in [-0.2, -0.15) is 0 Å². The number of hydrogen-bond donors (Lipinski definition) is 1. The molecule has 0 aromatic heterocycles. The van der Waals surface area contributed by atoms with Gasteiger partial charge in [0, 0.05) is 18.6 Å². The summed E-state index contributed by atoms with van der Waals surface area (Å²) < 4.78 is 0. The van der Waals surface area contributed by atoms with E-state index in [1.807, 2.05) is 25.7 Å². The molecular formula is C13H26N2O. The summed E-state index contributed by atoms with van der Waals surface area (Å²) in [5.74, 6) is 0. The van der Waals surface area contributed by atoms with Crippen LogP contribution < -0.4 is 5.32 Å². The lowest BCUT2D eigenvalue weighted by atomic mass is 9.85. The second kappa shape index (κ2) is 4.64. The van der Waals surface area contributed by atoms with Crippen LogP contribution in [0.4, 0.5) is 4.79 Å². The van der Waals surface area contributed by atoms with Crippen molar-refractivity contribution in [1.29, 1.82) is 0 Å². The van der Waals surface area contributed by atoms with Crippen LogP contribution in [0, 0.1) is 5.41 Å². The Bertz CT molecular complexity index is 253. The first kappa shape index (κ1) is 13.3. The van der Waals surface area contributed by atoms with Gasteiger partial charge in [-0.15, -0.1) is 0 Å². The summed E-state index contributed by atoms with van der Waals surface area (Å²) >= 11 is 0. The van der Waals surface area contributed by atoms with Crippen molar-refractivity contribution in [2.24, 2.45) is 5.41 Å². The van der Waals surface area contributed by atoms with Crippen molar-refractivity contribution in [3.8, 4) is 0 Å². The van der Waals surface area contributed by atoms with Gasteiger partial charge in [0.2, 0.25) is 0 Å². The molecule has 3 heteroatoms. The van der Waals surface area contributed by atoms with Gasteiger partial charge in [-0.05, 0) is 45.4 Å². The first-order valence-corrected chi connectivity index (χ1v) is 6.27. The Morgan fingerprint density at radius 3 is 2.38 bits per heavy atom. The molecule has 16 heavy (non-hydrogen) atoms. The normalized spacial score (nSPS) is 21.4. The quantitative estimate of drug-likeness (QED) is 0.676. The van der Waals surface area contributed by atoms with E-state index in [2.05, 4.69) is 19.2 Å². The molecule has 1 N–H and O–H groups in total. The molecular weight excluding hydrogens is 200 g/mol. The van der Waals surface area contributed by atoms with Crippen LogP contribution >= 0.6 is 0 Å². The van der Waals surface area contributed by atoms with Crippen LogP contribution in [-0.2, 0) is 0 Å². The Morgan fingerprint density at radius 1 is 1.19 bits per heavy atom. The van der Waals surface area contributed by atoms with Gasteiger partial charge < -0.3 is 10.2 Å². The molecule has 0 aromatic carbocycles. The first-order valence-electron chi connectivity index (χ1n) is 6.27. The third-order valence-corrected chi connectivity index (χ3v) is 3.11. The third kappa shape index (κ3) is 4.42. The molecule has 0 radical (unpaired) electrons. The van der Waals surface area contributed by atoms with Crippen molar-refractivity contribution in [1.82, 2.24) is 10.2 Å². The van der Waals surface area contributed by atoms with E-state index >= 15 is 0 Å². The second-order valence-corrected chi connectivity index (χ2v) is 6.68. The standard InChI is InChI=1S/C13H26N2O/c1-12(2,3)14-11(16)15-9-6-7-13(4,5)8-10-15/h6-10H2,1-5H3,(H,14,16). The fraction of sp³-hybridized carbons (Fsp3) is 0.923. The molecule has 1 aliphatic heterocycles. The van der Waals surface area contributed by atoms with Crippen LogP contribution in [0.1, 0.15) is 53.9 Å². The first-order chi connectivity index (χ1) is 7.20. The van der Waals surface area contributed by atoms with Crippen LogP contribution in [0.25, 0.3) is 0 Å². The molecule has 1 heterocycles. The van der Waals surface area contributed by atoms with Gasteiger partial charge in [-0.1, -0.05) is 13.8 Å².